The highest BCUT2D eigenvalue weighted by molar-refractivity contribution is 4.82. The summed E-state index contributed by atoms with van der Waals surface area (Å²) >= 11 is 0. The molecule has 2 heterocycles. The van der Waals surface area contributed by atoms with Gasteiger partial charge in [-0.2, -0.15) is 0 Å². The number of likely N-dealkylation sites (tertiary alicyclic amines) is 1. The normalized spacial score (nSPS) is 27.4. The Kier molecular flexibility index (Phi) is 4.04. The smallest absolute Gasteiger partial charge is 0.0119 e. The molecule has 2 saturated heterocycles. The molecular formula is C13H26N2. The van der Waals surface area contributed by atoms with Gasteiger partial charge in [-0.1, -0.05) is 13.8 Å². The fraction of sp³-hybridized carbons (Fsp3) is 1.00. The van der Waals surface area contributed by atoms with Crippen molar-refractivity contribution in [2.24, 2.45) is 11.8 Å². The summed E-state index contributed by atoms with van der Waals surface area (Å²) in [5.41, 5.74) is 0. The molecule has 0 atom stereocenters. The van der Waals surface area contributed by atoms with Gasteiger partial charge in [0.2, 0.25) is 0 Å². The van der Waals surface area contributed by atoms with Crippen LogP contribution < -0.4 is 5.32 Å². The molecule has 0 bridgehead atoms. The lowest BCUT2D eigenvalue weighted by Gasteiger charge is -2.40. The fourth-order valence-electron chi connectivity index (χ4n) is 3.12. The molecule has 1 N–H and O–H groups in total. The van der Waals surface area contributed by atoms with E-state index in [9.17, 15) is 0 Å². The molecule has 0 saturated carbocycles. The van der Waals surface area contributed by atoms with Gasteiger partial charge in [0.05, 0.1) is 0 Å². The van der Waals surface area contributed by atoms with Gasteiger partial charge in [0.15, 0.2) is 0 Å². The lowest BCUT2D eigenvalue weighted by molar-refractivity contribution is 0.0970. The number of hydrogen-bond donors (Lipinski definition) is 1. The van der Waals surface area contributed by atoms with Crippen LogP contribution in [-0.2, 0) is 0 Å². The predicted molar refractivity (Wildman–Crippen MR) is 65.0 cm³/mol. The van der Waals surface area contributed by atoms with E-state index in [4.69, 9.17) is 0 Å². The second-order valence-corrected chi connectivity index (χ2v) is 5.60. The Morgan fingerprint density at radius 1 is 1.00 bits per heavy atom. The third kappa shape index (κ3) is 2.94. The van der Waals surface area contributed by atoms with Crippen LogP contribution in [0.4, 0.5) is 0 Å². The van der Waals surface area contributed by atoms with Crippen molar-refractivity contribution < 1.29 is 0 Å². The molecule has 2 rings (SSSR count). The minimum Gasteiger partial charge on any atom is -0.317 e. The van der Waals surface area contributed by atoms with Crippen LogP contribution in [0.25, 0.3) is 0 Å². The summed E-state index contributed by atoms with van der Waals surface area (Å²) in [7, 11) is 0. The van der Waals surface area contributed by atoms with E-state index in [1.807, 2.05) is 0 Å². The van der Waals surface area contributed by atoms with Crippen LogP contribution >= 0.6 is 0 Å². The van der Waals surface area contributed by atoms with E-state index in [1.165, 1.54) is 51.9 Å². The van der Waals surface area contributed by atoms with Crippen molar-refractivity contribution in [1.82, 2.24) is 10.2 Å². The maximum atomic E-state index is 3.45. The van der Waals surface area contributed by atoms with E-state index in [0.717, 1.165) is 17.9 Å². The van der Waals surface area contributed by atoms with Crippen molar-refractivity contribution in [1.29, 1.82) is 0 Å². The molecule has 0 aromatic heterocycles. The summed E-state index contributed by atoms with van der Waals surface area (Å²) in [5, 5.41) is 3.45. The molecule has 88 valence electrons. The van der Waals surface area contributed by atoms with Crippen molar-refractivity contribution in [3.05, 3.63) is 0 Å². The molecule has 2 nitrogen and oxygen atoms in total. The first-order chi connectivity index (χ1) is 7.27. The fourth-order valence-corrected chi connectivity index (χ4v) is 3.12. The van der Waals surface area contributed by atoms with Gasteiger partial charge < -0.3 is 10.2 Å². The highest BCUT2D eigenvalue weighted by Gasteiger charge is 2.26. The predicted octanol–water partition coefficient (Wildman–Crippen LogP) is 2.11. The molecule has 0 unspecified atom stereocenters. The van der Waals surface area contributed by atoms with Crippen molar-refractivity contribution in [3.8, 4) is 0 Å². The maximum absolute atomic E-state index is 3.45. The third-order valence-electron chi connectivity index (χ3n) is 4.34. The largest absolute Gasteiger partial charge is 0.317 e. The Bertz CT molecular complexity index is 177. The number of piperidine rings is 2. The van der Waals surface area contributed by atoms with Crippen LogP contribution in [-0.4, -0.2) is 37.1 Å². The molecule has 0 radical (unpaired) electrons. The lowest BCUT2D eigenvalue weighted by atomic mass is 9.85. The second-order valence-electron chi connectivity index (χ2n) is 5.60. The summed E-state index contributed by atoms with van der Waals surface area (Å²) < 4.78 is 0. The third-order valence-corrected chi connectivity index (χ3v) is 4.34. The quantitative estimate of drug-likeness (QED) is 0.751. The summed E-state index contributed by atoms with van der Waals surface area (Å²) in [5.74, 6) is 1.88. The standard InChI is InChI=1S/C13H26N2/c1-11(2)12-5-9-15(10-6-12)13-3-7-14-8-4-13/h11-14H,3-10H2,1-2H3. The molecule has 2 heteroatoms. The molecule has 2 fully saturated rings. The van der Waals surface area contributed by atoms with Crippen molar-refractivity contribution >= 4 is 0 Å². The van der Waals surface area contributed by atoms with E-state index >= 15 is 0 Å². The van der Waals surface area contributed by atoms with Crippen LogP contribution in [0.2, 0.25) is 0 Å². The van der Waals surface area contributed by atoms with Crippen molar-refractivity contribution in [2.45, 2.75) is 45.6 Å². The average Bonchev–Trinajstić information content (AvgIpc) is 2.30. The number of hydrogen-bond acceptors (Lipinski definition) is 2. The van der Waals surface area contributed by atoms with E-state index in [-0.39, 0.29) is 0 Å². The Morgan fingerprint density at radius 3 is 2.13 bits per heavy atom. The highest BCUT2D eigenvalue weighted by atomic mass is 15.2. The van der Waals surface area contributed by atoms with Gasteiger partial charge in [0.25, 0.3) is 0 Å². The maximum Gasteiger partial charge on any atom is 0.0119 e. The summed E-state index contributed by atoms with van der Waals surface area (Å²) in [6, 6.07) is 0.888. The Morgan fingerprint density at radius 2 is 1.60 bits per heavy atom. The molecule has 0 amide bonds. The Hall–Kier alpha value is -0.0800. The van der Waals surface area contributed by atoms with E-state index in [1.54, 1.807) is 0 Å². The average molecular weight is 210 g/mol. The molecule has 15 heavy (non-hydrogen) atoms. The van der Waals surface area contributed by atoms with Gasteiger partial charge in [-0.25, -0.2) is 0 Å². The minimum absolute atomic E-state index is 0.888. The molecule has 0 aromatic carbocycles. The zero-order valence-electron chi connectivity index (χ0n) is 10.3. The SMILES string of the molecule is CC(C)C1CCN(C2CCNCC2)CC1. The minimum atomic E-state index is 0.888. The van der Waals surface area contributed by atoms with E-state index < -0.39 is 0 Å². The van der Waals surface area contributed by atoms with Crippen LogP contribution in [0.1, 0.15) is 39.5 Å². The first kappa shape index (κ1) is 11.4. The second kappa shape index (κ2) is 5.31. The van der Waals surface area contributed by atoms with Gasteiger partial charge in [-0.3, -0.25) is 0 Å². The topological polar surface area (TPSA) is 15.3 Å². The van der Waals surface area contributed by atoms with Crippen molar-refractivity contribution in [3.63, 3.8) is 0 Å². The summed E-state index contributed by atoms with van der Waals surface area (Å²) in [6.45, 7) is 9.93. The van der Waals surface area contributed by atoms with Crippen LogP contribution in [0.15, 0.2) is 0 Å². The summed E-state index contributed by atoms with van der Waals surface area (Å²) in [6.07, 6.45) is 5.60. The van der Waals surface area contributed by atoms with E-state index in [2.05, 4.69) is 24.1 Å². The number of nitrogens with zero attached hydrogens (tertiary/aromatic N) is 1. The summed E-state index contributed by atoms with van der Waals surface area (Å²) in [4.78, 5) is 2.75. The molecule has 0 aliphatic carbocycles. The Balaban J connectivity index is 1.77. The molecule has 2 aliphatic rings. The molecule has 0 aromatic rings. The molecular weight excluding hydrogens is 184 g/mol. The lowest BCUT2D eigenvalue weighted by Crippen LogP contribution is -2.47. The first-order valence-electron chi connectivity index (χ1n) is 6.72. The van der Waals surface area contributed by atoms with Crippen molar-refractivity contribution in [2.75, 3.05) is 26.2 Å². The monoisotopic (exact) mass is 210 g/mol. The zero-order chi connectivity index (χ0) is 10.7. The number of rotatable bonds is 2. The van der Waals surface area contributed by atoms with Gasteiger partial charge >= 0.3 is 0 Å². The van der Waals surface area contributed by atoms with Gasteiger partial charge in [0, 0.05) is 6.04 Å². The van der Waals surface area contributed by atoms with E-state index in [0.29, 0.717) is 0 Å². The van der Waals surface area contributed by atoms with Gasteiger partial charge in [-0.15, -0.1) is 0 Å². The van der Waals surface area contributed by atoms with Gasteiger partial charge in [-0.05, 0) is 63.7 Å². The van der Waals surface area contributed by atoms with Crippen LogP contribution in [0.5, 0.6) is 0 Å². The zero-order valence-corrected chi connectivity index (χ0v) is 10.3. The number of nitrogens with one attached hydrogen (secondary N) is 1. The molecule has 0 spiro atoms. The highest BCUT2D eigenvalue weighted by Crippen LogP contribution is 2.26. The molecule has 2 aliphatic heterocycles. The van der Waals surface area contributed by atoms with Crippen LogP contribution in [0, 0.1) is 11.8 Å². The van der Waals surface area contributed by atoms with Gasteiger partial charge in [0.1, 0.15) is 0 Å². The van der Waals surface area contributed by atoms with Crippen LogP contribution in [0.3, 0.4) is 0 Å². The first-order valence-corrected chi connectivity index (χ1v) is 6.72. The Labute approximate surface area is 94.4 Å².